The van der Waals surface area contributed by atoms with Gasteiger partial charge in [-0.05, 0) is 47.9 Å². The first-order chi connectivity index (χ1) is 17.8. The fourth-order valence-electron chi connectivity index (χ4n) is 4.59. The summed E-state index contributed by atoms with van der Waals surface area (Å²) in [4.78, 5) is 16.4. The number of hydrogen-bond donors (Lipinski definition) is 2. The number of aromatic carboxylic acids is 1. The molecule has 0 amide bonds. The van der Waals surface area contributed by atoms with E-state index in [1.165, 1.54) is 4.31 Å². The normalized spacial score (nSPS) is 14.5. The number of aryl methyl sites for hydroxylation is 1. The van der Waals surface area contributed by atoms with Crippen LogP contribution in [0.25, 0.3) is 22.0 Å². The minimum absolute atomic E-state index is 0.225. The number of anilines is 1. The second-order valence-corrected chi connectivity index (χ2v) is 10.8. The van der Waals surface area contributed by atoms with Crippen LogP contribution in [0.15, 0.2) is 77.7 Å². The van der Waals surface area contributed by atoms with Crippen molar-refractivity contribution in [1.82, 2.24) is 9.29 Å². The molecule has 0 radical (unpaired) electrons. The summed E-state index contributed by atoms with van der Waals surface area (Å²) < 4.78 is 33.9. The molecule has 1 fully saturated rings. The average Bonchev–Trinajstić information content (AvgIpc) is 2.92. The molecule has 4 aromatic rings. The van der Waals surface area contributed by atoms with Gasteiger partial charge in [-0.15, -0.1) is 0 Å². The second-order valence-electron chi connectivity index (χ2n) is 8.88. The molecule has 0 aliphatic carbocycles. The number of hydrogen-bond acceptors (Lipinski definition) is 6. The molecule has 1 aliphatic heterocycles. The third-order valence-electron chi connectivity index (χ3n) is 6.42. The number of pyridine rings is 1. The molecule has 1 aromatic heterocycles. The Bertz CT molecular complexity index is 1560. The van der Waals surface area contributed by atoms with Crippen molar-refractivity contribution in [2.45, 2.75) is 18.4 Å². The van der Waals surface area contributed by atoms with Crippen molar-refractivity contribution >= 4 is 32.6 Å². The first-order valence-electron chi connectivity index (χ1n) is 12.0. The first kappa shape index (κ1) is 24.9. The van der Waals surface area contributed by atoms with Gasteiger partial charge in [0, 0.05) is 36.4 Å². The maximum atomic E-state index is 13.5. The second kappa shape index (κ2) is 10.3. The number of morpholine rings is 1. The van der Waals surface area contributed by atoms with Crippen LogP contribution in [0.5, 0.6) is 0 Å². The highest BCUT2D eigenvalue weighted by atomic mass is 32.2. The largest absolute Gasteiger partial charge is 0.478 e. The van der Waals surface area contributed by atoms with Gasteiger partial charge in [0.1, 0.15) is 0 Å². The van der Waals surface area contributed by atoms with Gasteiger partial charge in [-0.1, -0.05) is 48.5 Å². The van der Waals surface area contributed by atoms with Crippen LogP contribution in [0, 0.1) is 6.92 Å². The minimum Gasteiger partial charge on any atom is -0.478 e. The zero-order chi connectivity index (χ0) is 26.0. The average molecular weight is 518 g/mol. The smallest absolute Gasteiger partial charge is 0.336 e. The molecule has 37 heavy (non-hydrogen) atoms. The van der Waals surface area contributed by atoms with Gasteiger partial charge in [0.2, 0.25) is 10.0 Å². The molecule has 0 spiro atoms. The van der Waals surface area contributed by atoms with Gasteiger partial charge in [0.25, 0.3) is 0 Å². The van der Waals surface area contributed by atoms with E-state index in [0.29, 0.717) is 55.0 Å². The molecular formula is C28H27N3O5S. The SMILES string of the molecule is Cc1cc(NCc2ccc(-c3ccccc3C(=O)O)cc2)c2c(S(=O)(=O)N3CCOCC3)cccc2n1. The van der Waals surface area contributed by atoms with Crippen molar-refractivity contribution in [3.63, 3.8) is 0 Å². The molecule has 190 valence electrons. The van der Waals surface area contributed by atoms with Crippen LogP contribution in [0.2, 0.25) is 0 Å². The van der Waals surface area contributed by atoms with E-state index in [4.69, 9.17) is 4.74 Å². The number of aromatic nitrogens is 1. The lowest BCUT2D eigenvalue weighted by Gasteiger charge is -2.27. The number of rotatable bonds is 7. The third kappa shape index (κ3) is 5.06. The Morgan fingerprint density at radius 2 is 1.76 bits per heavy atom. The summed E-state index contributed by atoms with van der Waals surface area (Å²) in [5.41, 5.74) is 4.76. The number of sulfonamides is 1. The number of carboxylic acids is 1. The van der Waals surface area contributed by atoms with Crippen LogP contribution in [0.4, 0.5) is 5.69 Å². The quantitative estimate of drug-likeness (QED) is 0.370. The molecule has 0 unspecified atom stereocenters. The van der Waals surface area contributed by atoms with Crippen LogP contribution in [0.1, 0.15) is 21.6 Å². The summed E-state index contributed by atoms with van der Waals surface area (Å²) in [7, 11) is -3.73. The first-order valence-corrected chi connectivity index (χ1v) is 13.4. The Kier molecular flexibility index (Phi) is 6.92. The van der Waals surface area contributed by atoms with Gasteiger partial charge < -0.3 is 15.2 Å². The molecule has 0 bridgehead atoms. The number of fused-ring (bicyclic) bond motifs is 1. The van der Waals surface area contributed by atoms with Crippen LogP contribution in [-0.4, -0.2) is 55.1 Å². The van der Waals surface area contributed by atoms with Crippen molar-refractivity contribution < 1.29 is 23.1 Å². The van der Waals surface area contributed by atoms with Crippen molar-refractivity contribution in [2.75, 3.05) is 31.6 Å². The maximum absolute atomic E-state index is 13.5. The summed E-state index contributed by atoms with van der Waals surface area (Å²) in [6.45, 7) is 3.71. The standard InChI is InChI=1S/C28H27N3O5S/c1-19-17-25(27-24(30-19)7-4-8-26(27)37(34,35)31-13-15-36-16-14-31)29-18-20-9-11-21(12-10-20)22-5-2-3-6-23(22)28(32)33/h2-12,17H,13-16,18H2,1H3,(H,29,30)(H,32,33). The summed E-state index contributed by atoms with van der Waals surface area (Å²) in [5, 5.41) is 13.5. The molecule has 1 aliphatic rings. The van der Waals surface area contributed by atoms with Crippen LogP contribution in [0.3, 0.4) is 0 Å². The summed E-state index contributed by atoms with van der Waals surface area (Å²) in [6.07, 6.45) is 0. The van der Waals surface area contributed by atoms with Crippen molar-refractivity contribution in [3.8, 4) is 11.1 Å². The lowest BCUT2D eigenvalue weighted by Crippen LogP contribution is -2.40. The monoisotopic (exact) mass is 517 g/mol. The predicted molar refractivity (Wildman–Crippen MR) is 142 cm³/mol. The van der Waals surface area contributed by atoms with Crippen molar-refractivity contribution in [2.24, 2.45) is 0 Å². The van der Waals surface area contributed by atoms with Gasteiger partial charge >= 0.3 is 5.97 Å². The molecule has 0 atom stereocenters. The van der Waals surface area contributed by atoms with Crippen molar-refractivity contribution in [1.29, 1.82) is 0 Å². The topological polar surface area (TPSA) is 109 Å². The van der Waals surface area contributed by atoms with E-state index in [2.05, 4.69) is 10.3 Å². The molecule has 9 heteroatoms. The number of carbonyl (C=O) groups is 1. The molecule has 1 saturated heterocycles. The van der Waals surface area contributed by atoms with Crippen LogP contribution in [-0.2, 0) is 21.3 Å². The Hall–Kier alpha value is -3.79. The number of carboxylic acid groups (broad SMARTS) is 1. The van der Waals surface area contributed by atoms with E-state index in [9.17, 15) is 18.3 Å². The van der Waals surface area contributed by atoms with Gasteiger partial charge in [-0.2, -0.15) is 4.31 Å². The zero-order valence-corrected chi connectivity index (χ0v) is 21.2. The van der Waals surface area contributed by atoms with E-state index < -0.39 is 16.0 Å². The van der Waals surface area contributed by atoms with Gasteiger partial charge in [-0.25, -0.2) is 13.2 Å². The minimum atomic E-state index is -3.73. The Morgan fingerprint density at radius 1 is 1.03 bits per heavy atom. The van der Waals surface area contributed by atoms with E-state index in [1.807, 2.05) is 49.4 Å². The number of ether oxygens (including phenoxy) is 1. The summed E-state index contributed by atoms with van der Waals surface area (Å²) in [5.74, 6) is -0.968. The van der Waals surface area contributed by atoms with Gasteiger partial charge in [0.15, 0.2) is 0 Å². The predicted octanol–water partition coefficient (Wildman–Crippen LogP) is 4.54. The Morgan fingerprint density at radius 3 is 2.49 bits per heavy atom. The Balaban J connectivity index is 1.45. The molecular weight excluding hydrogens is 490 g/mol. The highest BCUT2D eigenvalue weighted by Crippen LogP contribution is 2.32. The highest BCUT2D eigenvalue weighted by Gasteiger charge is 2.29. The molecule has 2 N–H and O–H groups in total. The third-order valence-corrected chi connectivity index (χ3v) is 8.36. The van der Waals surface area contributed by atoms with E-state index in [1.54, 1.807) is 30.3 Å². The number of benzene rings is 3. The van der Waals surface area contributed by atoms with Gasteiger partial charge in [0.05, 0.1) is 29.2 Å². The van der Waals surface area contributed by atoms with Crippen molar-refractivity contribution in [3.05, 3.63) is 89.6 Å². The fourth-order valence-corrected chi connectivity index (χ4v) is 6.22. The highest BCUT2D eigenvalue weighted by molar-refractivity contribution is 7.89. The van der Waals surface area contributed by atoms with Crippen LogP contribution >= 0.6 is 0 Å². The van der Waals surface area contributed by atoms with Crippen LogP contribution < -0.4 is 5.32 Å². The molecule has 8 nitrogen and oxygen atoms in total. The molecule has 5 rings (SSSR count). The zero-order valence-electron chi connectivity index (χ0n) is 20.3. The number of nitrogens with zero attached hydrogens (tertiary/aromatic N) is 2. The molecule has 2 heterocycles. The Labute approximate surface area is 215 Å². The summed E-state index contributed by atoms with van der Waals surface area (Å²) in [6, 6.07) is 21.6. The van der Waals surface area contributed by atoms with E-state index in [-0.39, 0.29) is 10.5 Å². The number of nitrogens with one attached hydrogen (secondary N) is 1. The van der Waals surface area contributed by atoms with Gasteiger partial charge in [-0.3, -0.25) is 4.98 Å². The van der Waals surface area contributed by atoms with E-state index in [0.717, 1.165) is 16.8 Å². The molecule has 3 aromatic carbocycles. The lowest BCUT2D eigenvalue weighted by atomic mass is 9.99. The summed E-state index contributed by atoms with van der Waals surface area (Å²) >= 11 is 0. The fraction of sp³-hybridized carbons (Fsp3) is 0.214. The maximum Gasteiger partial charge on any atom is 0.336 e. The van der Waals surface area contributed by atoms with E-state index >= 15 is 0 Å². The lowest BCUT2D eigenvalue weighted by molar-refractivity contribution is 0.0697. The molecule has 0 saturated carbocycles.